The number of benzene rings is 1. The van der Waals surface area contributed by atoms with Gasteiger partial charge in [0.1, 0.15) is 12.6 Å². The van der Waals surface area contributed by atoms with Gasteiger partial charge in [0.05, 0.1) is 0 Å². The van der Waals surface area contributed by atoms with Crippen molar-refractivity contribution in [3.05, 3.63) is 34.3 Å². The van der Waals surface area contributed by atoms with Crippen molar-refractivity contribution in [2.75, 3.05) is 13.7 Å². The molecule has 17 heavy (non-hydrogen) atoms. The van der Waals surface area contributed by atoms with Gasteiger partial charge in [-0.2, -0.15) is 0 Å². The van der Waals surface area contributed by atoms with E-state index in [9.17, 15) is 4.79 Å². The van der Waals surface area contributed by atoms with Crippen molar-refractivity contribution in [1.29, 1.82) is 0 Å². The monoisotopic (exact) mass is 301 g/mol. The number of carbonyl (C=O) groups is 1. The Bertz CT molecular complexity index is 353. The van der Waals surface area contributed by atoms with Gasteiger partial charge >= 0.3 is 5.97 Å². The van der Waals surface area contributed by atoms with E-state index in [2.05, 4.69) is 15.9 Å². The minimum atomic E-state index is -0.620. The second-order valence-electron chi connectivity index (χ2n) is 3.62. The van der Waals surface area contributed by atoms with E-state index in [1.165, 1.54) is 0 Å². The first-order valence-corrected chi connectivity index (χ1v) is 6.08. The molecule has 1 aromatic carbocycles. The van der Waals surface area contributed by atoms with E-state index in [-0.39, 0.29) is 6.61 Å². The SMILES string of the molecule is COCCC(N)C(=O)OCc1ccc(Br)cc1. The van der Waals surface area contributed by atoms with Crippen molar-refractivity contribution in [2.24, 2.45) is 5.73 Å². The van der Waals surface area contributed by atoms with Gasteiger partial charge in [-0.15, -0.1) is 0 Å². The Kier molecular flexibility index (Phi) is 6.18. The van der Waals surface area contributed by atoms with E-state index >= 15 is 0 Å². The topological polar surface area (TPSA) is 61.5 Å². The Morgan fingerprint density at radius 1 is 1.41 bits per heavy atom. The van der Waals surface area contributed by atoms with Gasteiger partial charge < -0.3 is 15.2 Å². The molecular weight excluding hydrogens is 286 g/mol. The third-order valence-electron chi connectivity index (χ3n) is 2.23. The zero-order valence-electron chi connectivity index (χ0n) is 9.69. The summed E-state index contributed by atoms with van der Waals surface area (Å²) in [6.07, 6.45) is 0.468. The van der Waals surface area contributed by atoms with Gasteiger partial charge in [0.2, 0.25) is 0 Å². The van der Waals surface area contributed by atoms with Gasteiger partial charge in [-0.3, -0.25) is 4.79 Å². The average Bonchev–Trinajstić information content (AvgIpc) is 2.34. The second-order valence-corrected chi connectivity index (χ2v) is 4.54. The van der Waals surface area contributed by atoms with Gasteiger partial charge in [0.25, 0.3) is 0 Å². The van der Waals surface area contributed by atoms with Crippen molar-refractivity contribution >= 4 is 21.9 Å². The van der Waals surface area contributed by atoms with Crippen LogP contribution < -0.4 is 5.73 Å². The van der Waals surface area contributed by atoms with Crippen LogP contribution in [0.25, 0.3) is 0 Å². The number of methoxy groups -OCH3 is 1. The van der Waals surface area contributed by atoms with E-state index in [0.717, 1.165) is 10.0 Å². The summed E-state index contributed by atoms with van der Waals surface area (Å²) in [6, 6.07) is 6.95. The maximum Gasteiger partial charge on any atom is 0.323 e. The molecule has 0 aliphatic rings. The van der Waals surface area contributed by atoms with Crippen LogP contribution in [-0.2, 0) is 20.9 Å². The van der Waals surface area contributed by atoms with E-state index in [1.807, 2.05) is 24.3 Å². The molecule has 2 N–H and O–H groups in total. The quantitative estimate of drug-likeness (QED) is 0.815. The Morgan fingerprint density at radius 2 is 2.06 bits per heavy atom. The van der Waals surface area contributed by atoms with Crippen LogP contribution in [-0.4, -0.2) is 25.7 Å². The lowest BCUT2D eigenvalue weighted by Gasteiger charge is -2.10. The summed E-state index contributed by atoms with van der Waals surface area (Å²) in [5, 5.41) is 0. The molecule has 0 aromatic heterocycles. The summed E-state index contributed by atoms with van der Waals surface area (Å²) in [5.41, 5.74) is 6.56. The predicted molar refractivity (Wildman–Crippen MR) is 68.4 cm³/mol. The zero-order chi connectivity index (χ0) is 12.7. The second kappa shape index (κ2) is 7.42. The molecule has 0 fully saturated rings. The third kappa shape index (κ3) is 5.30. The van der Waals surface area contributed by atoms with Gasteiger partial charge in [0.15, 0.2) is 0 Å². The first kappa shape index (κ1) is 14.2. The van der Waals surface area contributed by atoms with Crippen LogP contribution in [0, 0.1) is 0 Å². The number of esters is 1. The van der Waals surface area contributed by atoms with Crippen LogP contribution >= 0.6 is 15.9 Å². The standard InChI is InChI=1S/C12H16BrNO3/c1-16-7-6-11(14)12(15)17-8-9-2-4-10(13)5-3-9/h2-5,11H,6-8,14H2,1H3. The zero-order valence-corrected chi connectivity index (χ0v) is 11.3. The molecule has 94 valence electrons. The summed E-state index contributed by atoms with van der Waals surface area (Å²) in [6.45, 7) is 0.696. The highest BCUT2D eigenvalue weighted by molar-refractivity contribution is 9.10. The van der Waals surface area contributed by atoms with Crippen LogP contribution in [0.15, 0.2) is 28.7 Å². The Balaban J connectivity index is 2.34. The van der Waals surface area contributed by atoms with Crippen LogP contribution in [0.5, 0.6) is 0 Å². The smallest absolute Gasteiger partial charge is 0.323 e. The lowest BCUT2D eigenvalue weighted by atomic mass is 10.2. The summed E-state index contributed by atoms with van der Waals surface area (Å²) in [5.74, 6) is -0.398. The number of hydrogen-bond acceptors (Lipinski definition) is 4. The Morgan fingerprint density at radius 3 is 2.65 bits per heavy atom. The molecule has 0 aliphatic carbocycles. The maximum atomic E-state index is 11.5. The molecule has 0 saturated carbocycles. The number of hydrogen-bond donors (Lipinski definition) is 1. The molecule has 5 heteroatoms. The first-order valence-electron chi connectivity index (χ1n) is 5.29. The van der Waals surface area contributed by atoms with E-state index < -0.39 is 12.0 Å². The molecule has 1 rings (SSSR count). The molecule has 0 bridgehead atoms. The van der Waals surface area contributed by atoms with Gasteiger partial charge in [0, 0.05) is 18.2 Å². The van der Waals surface area contributed by atoms with Crippen molar-refractivity contribution in [3.8, 4) is 0 Å². The Hall–Kier alpha value is -0.910. The maximum absolute atomic E-state index is 11.5. The molecule has 0 amide bonds. The fourth-order valence-electron chi connectivity index (χ4n) is 1.20. The molecular formula is C12H16BrNO3. The fourth-order valence-corrected chi connectivity index (χ4v) is 1.47. The number of halogens is 1. The van der Waals surface area contributed by atoms with Crippen molar-refractivity contribution < 1.29 is 14.3 Å². The molecule has 0 aliphatic heterocycles. The van der Waals surface area contributed by atoms with Gasteiger partial charge in [-0.05, 0) is 24.1 Å². The molecule has 0 radical (unpaired) electrons. The third-order valence-corrected chi connectivity index (χ3v) is 2.76. The highest BCUT2D eigenvalue weighted by Gasteiger charge is 2.14. The van der Waals surface area contributed by atoms with Crippen LogP contribution in [0.3, 0.4) is 0 Å². The first-order chi connectivity index (χ1) is 8.13. The van der Waals surface area contributed by atoms with Crippen LogP contribution in [0.4, 0.5) is 0 Å². The summed E-state index contributed by atoms with van der Waals surface area (Å²) >= 11 is 3.34. The Labute approximate surface area is 109 Å². The van der Waals surface area contributed by atoms with Crippen molar-refractivity contribution in [1.82, 2.24) is 0 Å². The average molecular weight is 302 g/mol. The molecule has 0 spiro atoms. The largest absolute Gasteiger partial charge is 0.460 e. The highest BCUT2D eigenvalue weighted by Crippen LogP contribution is 2.11. The lowest BCUT2D eigenvalue weighted by Crippen LogP contribution is -2.33. The number of ether oxygens (including phenoxy) is 2. The van der Waals surface area contributed by atoms with Gasteiger partial charge in [-0.1, -0.05) is 28.1 Å². The van der Waals surface area contributed by atoms with E-state index in [4.69, 9.17) is 15.2 Å². The number of rotatable bonds is 6. The summed E-state index contributed by atoms with van der Waals surface area (Å²) in [7, 11) is 1.57. The van der Waals surface area contributed by atoms with Crippen LogP contribution in [0.2, 0.25) is 0 Å². The molecule has 1 unspecified atom stereocenters. The highest BCUT2D eigenvalue weighted by atomic mass is 79.9. The number of nitrogens with two attached hydrogens (primary N) is 1. The fraction of sp³-hybridized carbons (Fsp3) is 0.417. The van der Waals surface area contributed by atoms with E-state index in [0.29, 0.717) is 13.0 Å². The molecule has 0 heterocycles. The molecule has 1 aromatic rings. The normalized spacial score (nSPS) is 12.2. The minimum Gasteiger partial charge on any atom is -0.460 e. The summed E-state index contributed by atoms with van der Waals surface area (Å²) in [4.78, 5) is 11.5. The predicted octanol–water partition coefficient (Wildman–Crippen LogP) is 1.86. The van der Waals surface area contributed by atoms with Gasteiger partial charge in [-0.25, -0.2) is 0 Å². The minimum absolute atomic E-state index is 0.243. The number of carbonyl (C=O) groups excluding carboxylic acids is 1. The van der Waals surface area contributed by atoms with Crippen molar-refractivity contribution in [2.45, 2.75) is 19.1 Å². The summed E-state index contributed by atoms with van der Waals surface area (Å²) < 4.78 is 10.9. The molecule has 4 nitrogen and oxygen atoms in total. The van der Waals surface area contributed by atoms with Crippen molar-refractivity contribution in [3.63, 3.8) is 0 Å². The lowest BCUT2D eigenvalue weighted by molar-refractivity contribution is -0.147. The van der Waals surface area contributed by atoms with E-state index in [1.54, 1.807) is 7.11 Å². The van der Waals surface area contributed by atoms with Crippen LogP contribution in [0.1, 0.15) is 12.0 Å². The molecule has 1 atom stereocenters. The molecule has 0 saturated heterocycles.